The average molecular weight is 1890 g/mol. The molecule has 0 bridgehead atoms. The van der Waals surface area contributed by atoms with Gasteiger partial charge < -0.3 is 75.5 Å². The van der Waals surface area contributed by atoms with Gasteiger partial charge in [-0.1, -0.05) is 264 Å². The molecule has 0 spiro atoms. The summed E-state index contributed by atoms with van der Waals surface area (Å²) in [7, 11) is 9.30. The number of halogens is 2. The summed E-state index contributed by atoms with van der Waals surface area (Å²) in [6.07, 6.45) is 13.8. The van der Waals surface area contributed by atoms with E-state index in [1.54, 1.807) is 42.7 Å². The van der Waals surface area contributed by atoms with Crippen LogP contribution in [-0.4, -0.2) is 120 Å². The second kappa shape index (κ2) is 40.7. The maximum Gasteiger partial charge on any atom is 0.494 e. The standard InChI is InChI=1S/C61H78B2O10.C49H54Br2O6/c1-54(2)55(3,4)71-62(70-54)52-29-25-48(26-30-52)58(9)33-35-59(36-34-58,67-41-64-10)49-21-17-46(18-22-49)44-13-15-45(16-14-44)47-19-23-50(24-20-47)60(68-42-65-11)37-39-61(40-38-60,69-43-66-12)51-27-31-53(32-28-51)63-72-56(5,6)57(7,8)73-63;1-46(40-17-21-44(50)22-18-40)25-27-47(28-26-46,55-33-52-2)41-13-9-38(10-14-41)36-5-7-37(8-6-36)39-11-15-42(16-12-39)48(56-34-53-3)29-31-49(32-30-48,57-35-54-4)43-19-23-45(51)24-20-43/h13-32H,33-43H2,1-12H3;5-24H,25-35H2,1-4H3. The van der Waals surface area contributed by atoms with Crippen molar-refractivity contribution in [1.82, 2.24) is 0 Å². The lowest BCUT2D eigenvalue weighted by Gasteiger charge is -2.46. The first-order chi connectivity index (χ1) is 62.4. The number of hydrogen-bond donors (Lipinski definition) is 0. The van der Waals surface area contributed by atoms with E-state index in [2.05, 4.69) is 344 Å². The summed E-state index contributed by atoms with van der Waals surface area (Å²) in [6.45, 7) is 22.8. The van der Waals surface area contributed by atoms with Crippen molar-refractivity contribution in [2.45, 2.75) is 239 Å². The zero-order valence-corrected chi connectivity index (χ0v) is 82.3. The highest BCUT2D eigenvalue weighted by molar-refractivity contribution is 9.10. The van der Waals surface area contributed by atoms with Crippen molar-refractivity contribution in [1.29, 1.82) is 0 Å². The zero-order valence-electron chi connectivity index (χ0n) is 79.1. The maximum absolute atomic E-state index is 6.64. The van der Waals surface area contributed by atoms with Gasteiger partial charge in [-0.2, -0.15) is 0 Å². The molecular weight excluding hydrogens is 1760 g/mol. The lowest BCUT2D eigenvalue weighted by atomic mass is 9.64. The Morgan fingerprint density at radius 2 is 0.354 bits per heavy atom. The molecule has 688 valence electrons. The minimum atomic E-state index is -0.546. The molecule has 2 heterocycles. The van der Waals surface area contributed by atoms with Gasteiger partial charge in [-0.15, -0.1) is 0 Å². The van der Waals surface area contributed by atoms with Crippen LogP contribution in [0.2, 0.25) is 0 Å². The molecule has 2 aliphatic heterocycles. The van der Waals surface area contributed by atoms with Crippen LogP contribution in [-0.2, 0) is 120 Å². The first-order valence-electron chi connectivity index (χ1n) is 46.2. The monoisotopic (exact) mass is 1890 g/mol. The smallest absolute Gasteiger partial charge is 0.399 e. The van der Waals surface area contributed by atoms with Gasteiger partial charge in [0.25, 0.3) is 0 Å². The summed E-state index contributed by atoms with van der Waals surface area (Å²) < 4.78 is 99.6. The van der Waals surface area contributed by atoms with Crippen molar-refractivity contribution in [3.8, 4) is 44.5 Å². The molecular formula is C110H132B2Br2O16. The number of benzene rings is 10. The molecule has 6 fully saturated rings. The third-order valence-corrected chi connectivity index (χ3v) is 31.6. The fourth-order valence-electron chi connectivity index (χ4n) is 20.4. The van der Waals surface area contributed by atoms with Crippen molar-refractivity contribution in [3.63, 3.8) is 0 Å². The van der Waals surface area contributed by atoms with Gasteiger partial charge >= 0.3 is 14.2 Å². The number of rotatable bonds is 32. The molecule has 0 aromatic heterocycles. The largest absolute Gasteiger partial charge is 0.494 e. The highest BCUT2D eigenvalue weighted by Crippen LogP contribution is 2.56. The minimum absolute atomic E-state index is 0.0183. The van der Waals surface area contributed by atoms with Crippen molar-refractivity contribution in [2.24, 2.45) is 0 Å². The van der Waals surface area contributed by atoms with Crippen LogP contribution in [0.1, 0.15) is 216 Å². The molecule has 10 aromatic rings. The summed E-state index contributed by atoms with van der Waals surface area (Å²) in [5, 5.41) is 0. The highest BCUT2D eigenvalue weighted by atomic mass is 79.9. The van der Waals surface area contributed by atoms with Crippen LogP contribution in [0.15, 0.2) is 252 Å². The average Bonchev–Trinajstić information content (AvgIpc) is 1.47. The molecule has 20 heteroatoms. The minimum Gasteiger partial charge on any atom is -0.399 e. The van der Waals surface area contributed by atoms with E-state index in [0.717, 1.165) is 173 Å². The van der Waals surface area contributed by atoms with Gasteiger partial charge in [-0.3, -0.25) is 0 Å². The Kier molecular flexibility index (Phi) is 30.4. The molecule has 16 rings (SSSR count). The van der Waals surface area contributed by atoms with E-state index in [1.165, 1.54) is 38.9 Å². The first-order valence-corrected chi connectivity index (χ1v) is 47.8. The fourth-order valence-corrected chi connectivity index (χ4v) is 20.9. The highest BCUT2D eigenvalue weighted by Gasteiger charge is 2.55. The summed E-state index contributed by atoms with van der Waals surface area (Å²) in [5.41, 5.74) is 16.8. The lowest BCUT2D eigenvalue weighted by Crippen LogP contribution is -2.43. The molecule has 4 aliphatic carbocycles. The zero-order chi connectivity index (χ0) is 91.9. The van der Waals surface area contributed by atoms with E-state index in [4.69, 9.17) is 75.5 Å². The molecule has 10 aromatic carbocycles. The van der Waals surface area contributed by atoms with Crippen molar-refractivity contribution >= 4 is 57.0 Å². The Balaban J connectivity index is 0.000000206. The molecule has 0 N–H and O–H groups in total. The van der Waals surface area contributed by atoms with Crippen LogP contribution >= 0.6 is 31.9 Å². The molecule has 0 atom stereocenters. The first kappa shape index (κ1) is 97.2. The lowest BCUT2D eigenvalue weighted by molar-refractivity contribution is -0.203. The summed E-state index contributed by atoms with van der Waals surface area (Å²) in [6, 6.07) is 88.0. The van der Waals surface area contributed by atoms with E-state index in [0.29, 0.717) is 0 Å². The molecule has 0 amide bonds. The van der Waals surface area contributed by atoms with E-state index in [9.17, 15) is 0 Å². The molecule has 0 radical (unpaired) electrons. The fraction of sp³-hybridized carbons (Fsp3) is 0.455. The number of ether oxygens (including phenoxy) is 12. The van der Waals surface area contributed by atoms with Gasteiger partial charge in [0, 0.05) is 51.6 Å². The van der Waals surface area contributed by atoms with E-state index < -0.39 is 46.3 Å². The Morgan fingerprint density at radius 3 is 0.538 bits per heavy atom. The molecule has 6 aliphatic rings. The normalized spacial score (nSPS) is 26.3. The topological polar surface area (TPSA) is 148 Å². The van der Waals surface area contributed by atoms with E-state index in [1.807, 2.05) is 0 Å². The van der Waals surface area contributed by atoms with E-state index in [-0.39, 0.29) is 75.5 Å². The van der Waals surface area contributed by atoms with Gasteiger partial charge in [-0.25, -0.2) is 0 Å². The Labute approximate surface area is 790 Å². The Bertz CT molecular complexity index is 5260. The van der Waals surface area contributed by atoms with E-state index >= 15 is 0 Å². The van der Waals surface area contributed by atoms with Gasteiger partial charge in [-0.05, 0) is 293 Å². The van der Waals surface area contributed by atoms with Crippen molar-refractivity contribution in [2.75, 3.05) is 83.4 Å². The van der Waals surface area contributed by atoms with Gasteiger partial charge in [0.1, 0.15) is 40.8 Å². The van der Waals surface area contributed by atoms with Gasteiger partial charge in [0.2, 0.25) is 0 Å². The van der Waals surface area contributed by atoms with Crippen molar-refractivity contribution < 1.29 is 75.5 Å². The molecule has 0 unspecified atom stereocenters. The summed E-state index contributed by atoms with van der Waals surface area (Å²) in [4.78, 5) is 0. The van der Waals surface area contributed by atoms with Gasteiger partial charge in [0.05, 0.1) is 56.0 Å². The predicted octanol–water partition coefficient (Wildman–Crippen LogP) is 24.7. The summed E-state index contributed by atoms with van der Waals surface area (Å²) in [5.74, 6) is 0. The van der Waals surface area contributed by atoms with Crippen molar-refractivity contribution in [3.05, 3.63) is 296 Å². The third-order valence-electron chi connectivity index (χ3n) is 30.5. The van der Waals surface area contributed by atoms with Crippen LogP contribution in [0.5, 0.6) is 0 Å². The molecule has 2 saturated heterocycles. The quantitative estimate of drug-likeness (QED) is 0.0291. The second-order valence-electron chi connectivity index (χ2n) is 39.3. The van der Waals surface area contributed by atoms with Crippen LogP contribution in [0, 0.1) is 0 Å². The van der Waals surface area contributed by atoms with Crippen LogP contribution in [0.3, 0.4) is 0 Å². The summed E-state index contributed by atoms with van der Waals surface area (Å²) >= 11 is 7.17. The second-order valence-corrected chi connectivity index (χ2v) is 41.1. The SMILES string of the molecule is COCOC1(c2ccc(-c3ccc(-c4ccc(C5(OCOC)CCC(OCOC)(c6ccc(B7OC(C)(C)C(C)(C)O7)cc6)CC5)cc4)cc3)cc2)CCC(C)(c2ccc(B3OC(C)(C)C(C)(C)O3)cc2)CC1.COCOC1(c2ccc(-c3ccc(-c4ccc(C5(OCOC)CCC(OCOC)(c6ccc(Br)cc6)CC5)cc4)cc3)cc2)CCC(C)(c2ccc(Br)cc2)CC1. The number of hydrogen-bond acceptors (Lipinski definition) is 16. The molecule has 16 nitrogen and oxygen atoms in total. The Hall–Kier alpha value is -7.35. The maximum atomic E-state index is 6.64. The molecule has 4 saturated carbocycles. The Morgan fingerprint density at radius 1 is 0.208 bits per heavy atom. The molecule has 130 heavy (non-hydrogen) atoms. The number of methoxy groups -OCH3 is 6. The van der Waals surface area contributed by atoms with Crippen LogP contribution in [0.25, 0.3) is 44.5 Å². The van der Waals surface area contributed by atoms with Gasteiger partial charge in [0.15, 0.2) is 0 Å². The predicted molar refractivity (Wildman–Crippen MR) is 524 cm³/mol. The van der Waals surface area contributed by atoms with Crippen LogP contribution < -0.4 is 10.9 Å². The van der Waals surface area contributed by atoms with Crippen LogP contribution in [0.4, 0.5) is 0 Å². The third kappa shape index (κ3) is 20.7.